The van der Waals surface area contributed by atoms with Crippen LogP contribution in [0.2, 0.25) is 10.0 Å². The second-order valence-corrected chi connectivity index (χ2v) is 8.27. The number of likely N-dealkylation sites (N-methyl/N-ethyl adjacent to an activating group) is 1. The summed E-state index contributed by atoms with van der Waals surface area (Å²) in [5.41, 5.74) is 2.27. The second-order valence-electron chi connectivity index (χ2n) is 7.46. The summed E-state index contributed by atoms with van der Waals surface area (Å²) in [6.45, 7) is 6.37. The SMILES string of the molecule is CCN(CCC(=O)Nc1ccc(N2CCOCC2)cc1)CC(=O)Nc1c(Cl)cccc1Cl. The Balaban J connectivity index is 1.45. The Kier molecular flexibility index (Phi) is 9.17. The van der Waals surface area contributed by atoms with Gasteiger partial charge in [0.05, 0.1) is 35.5 Å². The highest BCUT2D eigenvalue weighted by molar-refractivity contribution is 6.39. The summed E-state index contributed by atoms with van der Waals surface area (Å²) < 4.78 is 5.38. The summed E-state index contributed by atoms with van der Waals surface area (Å²) >= 11 is 12.2. The number of para-hydroxylation sites is 1. The lowest BCUT2D eigenvalue weighted by Crippen LogP contribution is -2.36. The molecule has 0 bridgehead atoms. The van der Waals surface area contributed by atoms with Gasteiger partial charge in [0.25, 0.3) is 0 Å². The molecule has 0 saturated carbocycles. The zero-order chi connectivity index (χ0) is 22.9. The van der Waals surface area contributed by atoms with Crippen molar-refractivity contribution in [3.05, 3.63) is 52.5 Å². The van der Waals surface area contributed by atoms with Gasteiger partial charge in [0, 0.05) is 37.4 Å². The van der Waals surface area contributed by atoms with Gasteiger partial charge in [0.1, 0.15) is 0 Å². The van der Waals surface area contributed by atoms with Crippen LogP contribution in [-0.2, 0) is 14.3 Å². The van der Waals surface area contributed by atoms with Gasteiger partial charge in [-0.05, 0) is 42.9 Å². The molecule has 2 N–H and O–H groups in total. The zero-order valence-corrected chi connectivity index (χ0v) is 19.6. The predicted molar refractivity (Wildman–Crippen MR) is 130 cm³/mol. The fourth-order valence-corrected chi connectivity index (χ4v) is 3.90. The minimum Gasteiger partial charge on any atom is -0.378 e. The fraction of sp³-hybridized carbons (Fsp3) is 0.391. The highest BCUT2D eigenvalue weighted by Gasteiger charge is 2.15. The number of halogens is 2. The highest BCUT2D eigenvalue weighted by Crippen LogP contribution is 2.29. The summed E-state index contributed by atoms with van der Waals surface area (Å²) in [6.07, 6.45) is 0.277. The highest BCUT2D eigenvalue weighted by atomic mass is 35.5. The van der Waals surface area contributed by atoms with Gasteiger partial charge >= 0.3 is 0 Å². The van der Waals surface area contributed by atoms with E-state index in [0.29, 0.717) is 28.8 Å². The quantitative estimate of drug-likeness (QED) is 0.566. The number of morpholine rings is 1. The topological polar surface area (TPSA) is 73.9 Å². The Morgan fingerprint density at radius 2 is 1.66 bits per heavy atom. The van der Waals surface area contributed by atoms with Gasteiger partial charge in [-0.1, -0.05) is 36.2 Å². The van der Waals surface area contributed by atoms with Crippen LogP contribution in [0.1, 0.15) is 13.3 Å². The molecule has 0 atom stereocenters. The van der Waals surface area contributed by atoms with Crippen molar-refractivity contribution in [3.63, 3.8) is 0 Å². The monoisotopic (exact) mass is 478 g/mol. The van der Waals surface area contributed by atoms with Crippen LogP contribution in [0.3, 0.4) is 0 Å². The number of hydrogen-bond acceptors (Lipinski definition) is 5. The average molecular weight is 479 g/mol. The summed E-state index contributed by atoms with van der Waals surface area (Å²) in [7, 11) is 0. The Hall–Kier alpha value is -2.32. The number of hydrogen-bond donors (Lipinski definition) is 2. The van der Waals surface area contributed by atoms with Gasteiger partial charge in [-0.3, -0.25) is 14.5 Å². The predicted octanol–water partition coefficient (Wildman–Crippen LogP) is 4.12. The number of nitrogens with zero attached hydrogens (tertiary/aromatic N) is 2. The maximum absolute atomic E-state index is 12.4. The third-order valence-corrected chi connectivity index (χ3v) is 5.85. The van der Waals surface area contributed by atoms with Gasteiger partial charge in [-0.25, -0.2) is 0 Å². The number of anilines is 3. The number of rotatable bonds is 9. The van der Waals surface area contributed by atoms with Gasteiger partial charge < -0.3 is 20.3 Å². The van der Waals surface area contributed by atoms with Crippen LogP contribution in [0.15, 0.2) is 42.5 Å². The van der Waals surface area contributed by atoms with E-state index >= 15 is 0 Å². The molecule has 1 aliphatic heterocycles. The maximum Gasteiger partial charge on any atom is 0.238 e. The molecule has 1 heterocycles. The number of benzene rings is 2. The molecule has 0 aliphatic carbocycles. The molecule has 0 unspecified atom stereocenters. The summed E-state index contributed by atoms with van der Waals surface area (Å²) in [5.74, 6) is -0.335. The number of ether oxygens (including phenoxy) is 1. The summed E-state index contributed by atoms with van der Waals surface area (Å²) in [6, 6.07) is 12.9. The smallest absolute Gasteiger partial charge is 0.238 e. The van der Waals surface area contributed by atoms with E-state index in [9.17, 15) is 9.59 Å². The van der Waals surface area contributed by atoms with Crippen molar-refractivity contribution in [2.45, 2.75) is 13.3 Å². The van der Waals surface area contributed by atoms with Crippen LogP contribution in [-0.4, -0.2) is 62.7 Å². The Morgan fingerprint density at radius 1 is 1.00 bits per heavy atom. The van der Waals surface area contributed by atoms with Gasteiger partial charge in [-0.15, -0.1) is 0 Å². The van der Waals surface area contributed by atoms with Crippen LogP contribution < -0.4 is 15.5 Å². The molecule has 172 valence electrons. The number of nitrogens with one attached hydrogen (secondary N) is 2. The van der Waals surface area contributed by atoms with E-state index in [1.165, 1.54) is 0 Å². The first-order valence-corrected chi connectivity index (χ1v) is 11.4. The second kappa shape index (κ2) is 12.1. The molecule has 0 spiro atoms. The van der Waals surface area contributed by atoms with Crippen LogP contribution in [0.4, 0.5) is 17.1 Å². The van der Waals surface area contributed by atoms with E-state index in [-0.39, 0.29) is 24.8 Å². The molecule has 7 nitrogen and oxygen atoms in total. The maximum atomic E-state index is 12.4. The molecule has 0 radical (unpaired) electrons. The average Bonchev–Trinajstić information content (AvgIpc) is 2.80. The van der Waals surface area contributed by atoms with Crippen molar-refractivity contribution >= 4 is 52.1 Å². The van der Waals surface area contributed by atoms with E-state index in [1.54, 1.807) is 18.2 Å². The van der Waals surface area contributed by atoms with E-state index in [2.05, 4.69) is 15.5 Å². The minimum atomic E-state index is -0.235. The van der Waals surface area contributed by atoms with Crippen molar-refractivity contribution in [2.24, 2.45) is 0 Å². The van der Waals surface area contributed by atoms with Gasteiger partial charge in [0.15, 0.2) is 0 Å². The summed E-state index contributed by atoms with van der Waals surface area (Å²) in [5, 5.41) is 6.43. The molecule has 0 aromatic heterocycles. The first-order chi connectivity index (χ1) is 15.5. The number of carbonyl (C=O) groups excluding carboxylic acids is 2. The minimum absolute atomic E-state index is 0.0999. The Labute approximate surface area is 198 Å². The van der Waals surface area contributed by atoms with Gasteiger partial charge in [0.2, 0.25) is 11.8 Å². The van der Waals surface area contributed by atoms with Crippen molar-refractivity contribution in [1.29, 1.82) is 0 Å². The molecule has 32 heavy (non-hydrogen) atoms. The first-order valence-electron chi connectivity index (χ1n) is 10.6. The van der Waals surface area contributed by atoms with Crippen molar-refractivity contribution in [3.8, 4) is 0 Å². The lowest BCUT2D eigenvalue weighted by atomic mass is 10.2. The standard InChI is InChI=1S/C23H28Cl2N4O3/c1-2-28(16-22(31)27-23-19(24)4-3-5-20(23)25)11-10-21(30)26-17-6-8-18(9-7-17)29-12-14-32-15-13-29/h3-9H,2,10-16H2,1H3,(H,26,30)(H,27,31). The lowest BCUT2D eigenvalue weighted by molar-refractivity contribution is -0.119. The number of amides is 2. The van der Waals surface area contributed by atoms with Crippen molar-refractivity contribution in [2.75, 3.05) is 61.5 Å². The Bertz CT molecular complexity index is 898. The molecule has 2 aromatic rings. The number of carbonyl (C=O) groups is 2. The molecule has 2 aromatic carbocycles. The van der Waals surface area contributed by atoms with Crippen LogP contribution in [0.25, 0.3) is 0 Å². The lowest BCUT2D eigenvalue weighted by Gasteiger charge is -2.28. The van der Waals surface area contributed by atoms with Crippen LogP contribution >= 0.6 is 23.2 Å². The molecule has 3 rings (SSSR count). The third-order valence-electron chi connectivity index (χ3n) is 5.22. The fourth-order valence-electron chi connectivity index (χ4n) is 3.41. The van der Waals surface area contributed by atoms with Gasteiger partial charge in [-0.2, -0.15) is 0 Å². The largest absolute Gasteiger partial charge is 0.378 e. The molecular formula is C23H28Cl2N4O3. The first kappa shape index (κ1) is 24.3. The molecule has 1 saturated heterocycles. The van der Waals surface area contributed by atoms with Crippen LogP contribution in [0, 0.1) is 0 Å². The van der Waals surface area contributed by atoms with E-state index < -0.39 is 0 Å². The molecular weight excluding hydrogens is 451 g/mol. The molecule has 1 aliphatic rings. The Morgan fingerprint density at radius 3 is 2.28 bits per heavy atom. The zero-order valence-electron chi connectivity index (χ0n) is 18.1. The molecule has 1 fully saturated rings. The molecule has 2 amide bonds. The summed E-state index contributed by atoms with van der Waals surface area (Å²) in [4.78, 5) is 28.9. The molecule has 9 heteroatoms. The van der Waals surface area contributed by atoms with E-state index in [1.807, 2.05) is 36.1 Å². The van der Waals surface area contributed by atoms with Crippen molar-refractivity contribution < 1.29 is 14.3 Å². The third kappa shape index (κ3) is 7.10. The van der Waals surface area contributed by atoms with E-state index in [0.717, 1.165) is 37.7 Å². The van der Waals surface area contributed by atoms with Crippen LogP contribution in [0.5, 0.6) is 0 Å². The normalized spacial score (nSPS) is 13.8. The van der Waals surface area contributed by atoms with E-state index in [4.69, 9.17) is 27.9 Å². The van der Waals surface area contributed by atoms with Crippen molar-refractivity contribution in [1.82, 2.24) is 4.90 Å².